The van der Waals surface area contributed by atoms with E-state index in [9.17, 15) is 18.8 Å². The van der Waals surface area contributed by atoms with Crippen molar-refractivity contribution < 1.29 is 33.4 Å². The quantitative estimate of drug-likeness (QED) is 0.329. The Bertz CT molecular complexity index is 1730. The van der Waals surface area contributed by atoms with E-state index in [0.29, 0.717) is 60.8 Å². The van der Waals surface area contributed by atoms with Gasteiger partial charge in [-0.05, 0) is 48.7 Å². The van der Waals surface area contributed by atoms with Crippen molar-refractivity contribution in [3.8, 4) is 5.75 Å². The Morgan fingerprint density at radius 1 is 1.09 bits per heavy atom. The predicted octanol–water partition coefficient (Wildman–Crippen LogP) is 2.70. The van der Waals surface area contributed by atoms with E-state index in [0.717, 1.165) is 5.56 Å². The number of fused-ring (bicyclic) bond motifs is 5. The zero-order chi connectivity index (χ0) is 32.6. The Labute approximate surface area is 264 Å². The van der Waals surface area contributed by atoms with Crippen LogP contribution in [-0.2, 0) is 20.8 Å². The van der Waals surface area contributed by atoms with Crippen molar-refractivity contribution >= 4 is 29.8 Å². The van der Waals surface area contributed by atoms with Gasteiger partial charge in [0, 0.05) is 44.4 Å². The second kappa shape index (κ2) is 14.6. The molecule has 3 amide bonds. The van der Waals surface area contributed by atoms with Crippen molar-refractivity contribution in [1.82, 2.24) is 29.7 Å². The number of carbonyl (C=O) groups is 4. The maximum Gasteiger partial charge on any atom is 0.290 e. The standard InChI is InChI=1S/C32H33FN6O4.CH2O2/c1-21-26(18-35-29-9-11-36-39(21)29)32(42)37-12-4-10-34-31(41)28-20-38(30(40)16-22-5-2-7-24(33)15-22)19-27(28)23-6-3-8-25(17-23)43-14-13-37;2-1-3/h2-3,5-9,11,15,17-18,27-28H,4,10,12-14,16,19-20H2,1H3,(H,34,41);1H,(H,2,3)/t27-,28+;/m1./s1. The summed E-state index contributed by atoms with van der Waals surface area (Å²) in [7, 11) is 0. The van der Waals surface area contributed by atoms with E-state index >= 15 is 0 Å². The molecule has 6 rings (SSSR count). The Kier molecular flexibility index (Phi) is 10.2. The molecule has 2 atom stereocenters. The van der Waals surface area contributed by atoms with Gasteiger partial charge in [-0.25, -0.2) is 13.9 Å². The molecule has 12 nitrogen and oxygen atoms in total. The number of rotatable bonds is 3. The van der Waals surface area contributed by atoms with Crippen molar-refractivity contribution in [2.45, 2.75) is 25.7 Å². The largest absolute Gasteiger partial charge is 0.492 e. The normalized spacial score (nSPS) is 18.3. The van der Waals surface area contributed by atoms with E-state index in [1.54, 1.807) is 44.9 Å². The van der Waals surface area contributed by atoms with Crippen LogP contribution in [0.25, 0.3) is 5.65 Å². The Morgan fingerprint density at radius 3 is 2.67 bits per heavy atom. The van der Waals surface area contributed by atoms with Gasteiger partial charge in [-0.2, -0.15) is 5.10 Å². The van der Waals surface area contributed by atoms with Crippen molar-refractivity contribution in [3.63, 3.8) is 0 Å². The Morgan fingerprint density at radius 2 is 1.87 bits per heavy atom. The lowest BCUT2D eigenvalue weighted by Gasteiger charge is -2.25. The first-order valence-corrected chi connectivity index (χ1v) is 15.0. The molecule has 2 N–H and O–H groups in total. The number of carboxylic acid groups (broad SMARTS) is 1. The van der Waals surface area contributed by atoms with Crippen LogP contribution in [0.1, 0.15) is 39.5 Å². The highest BCUT2D eigenvalue weighted by Crippen LogP contribution is 2.35. The molecule has 0 radical (unpaired) electrons. The monoisotopic (exact) mass is 630 g/mol. The summed E-state index contributed by atoms with van der Waals surface area (Å²) in [4.78, 5) is 56.4. The van der Waals surface area contributed by atoms with Crippen molar-refractivity contribution in [2.24, 2.45) is 5.92 Å². The fraction of sp³-hybridized carbons (Fsp3) is 0.333. The number of hydrogen-bond acceptors (Lipinski definition) is 7. The average Bonchev–Trinajstić information content (AvgIpc) is 3.71. The lowest BCUT2D eigenvalue weighted by atomic mass is 9.88. The van der Waals surface area contributed by atoms with Gasteiger partial charge in [-0.15, -0.1) is 0 Å². The predicted molar refractivity (Wildman–Crippen MR) is 165 cm³/mol. The number of aromatic nitrogens is 3. The van der Waals surface area contributed by atoms with Gasteiger partial charge in [0.15, 0.2) is 5.65 Å². The summed E-state index contributed by atoms with van der Waals surface area (Å²) in [6.45, 7) is 3.65. The Hall–Kier alpha value is -5.33. The minimum atomic E-state index is -0.457. The summed E-state index contributed by atoms with van der Waals surface area (Å²) in [5.74, 6) is -0.902. The van der Waals surface area contributed by atoms with Crippen molar-refractivity contribution in [3.05, 3.63) is 95.2 Å². The van der Waals surface area contributed by atoms with Gasteiger partial charge in [0.05, 0.1) is 36.3 Å². The van der Waals surface area contributed by atoms with Crippen LogP contribution in [0.4, 0.5) is 4.39 Å². The number of ether oxygens (including phenoxy) is 1. The van der Waals surface area contributed by atoms with Gasteiger partial charge in [0.25, 0.3) is 12.4 Å². The maximum absolute atomic E-state index is 13.7. The molecular formula is C33H35FN6O6. The first-order valence-electron chi connectivity index (χ1n) is 15.0. The molecule has 240 valence electrons. The van der Waals surface area contributed by atoms with E-state index in [1.165, 1.54) is 12.1 Å². The third-order valence-corrected chi connectivity index (χ3v) is 8.25. The van der Waals surface area contributed by atoms with Gasteiger partial charge in [-0.3, -0.25) is 19.2 Å². The number of likely N-dealkylation sites (tertiary alicyclic amines) is 1. The van der Waals surface area contributed by atoms with Crippen LogP contribution in [0.5, 0.6) is 5.75 Å². The van der Waals surface area contributed by atoms with Gasteiger partial charge >= 0.3 is 0 Å². The van der Waals surface area contributed by atoms with Crippen LogP contribution in [0.2, 0.25) is 0 Å². The molecule has 46 heavy (non-hydrogen) atoms. The molecule has 0 unspecified atom stereocenters. The molecule has 2 bridgehead atoms. The highest BCUT2D eigenvalue weighted by Gasteiger charge is 2.40. The SMILES string of the molecule is Cc1c(C(=O)N2CCCNC(=O)[C@H]3CN(C(=O)Cc4cccc(F)c4)C[C@@H]3c3cccc(c3)OCC2)cnc2ccnn12.O=CO. The van der Waals surface area contributed by atoms with Gasteiger partial charge < -0.3 is 25.0 Å². The zero-order valence-electron chi connectivity index (χ0n) is 25.3. The van der Waals surface area contributed by atoms with E-state index in [4.69, 9.17) is 14.6 Å². The fourth-order valence-electron chi connectivity index (χ4n) is 5.95. The first-order chi connectivity index (χ1) is 22.3. The lowest BCUT2D eigenvalue weighted by Crippen LogP contribution is -2.39. The zero-order valence-corrected chi connectivity index (χ0v) is 25.3. The molecule has 1 fully saturated rings. The van der Waals surface area contributed by atoms with Gasteiger partial charge in [-0.1, -0.05) is 24.3 Å². The topological polar surface area (TPSA) is 146 Å². The van der Waals surface area contributed by atoms with Crippen LogP contribution < -0.4 is 10.1 Å². The second-order valence-electron chi connectivity index (χ2n) is 11.1. The molecule has 0 saturated carbocycles. The van der Waals surface area contributed by atoms with Crippen LogP contribution in [-0.4, -0.2) is 93.0 Å². The molecular weight excluding hydrogens is 595 g/mol. The first kappa shape index (κ1) is 32.1. The number of nitrogens with zero attached hydrogens (tertiary/aromatic N) is 5. The van der Waals surface area contributed by atoms with Crippen molar-refractivity contribution in [2.75, 3.05) is 39.3 Å². The number of amides is 3. The highest BCUT2D eigenvalue weighted by atomic mass is 19.1. The fourth-order valence-corrected chi connectivity index (χ4v) is 5.95. The maximum atomic E-state index is 13.7. The number of carbonyl (C=O) groups excluding carboxylic acids is 3. The molecule has 13 heteroatoms. The van der Waals surface area contributed by atoms with E-state index < -0.39 is 5.92 Å². The molecule has 4 heterocycles. The van der Waals surface area contributed by atoms with E-state index in [-0.39, 0.29) is 55.5 Å². The molecule has 0 spiro atoms. The summed E-state index contributed by atoms with van der Waals surface area (Å²) < 4.78 is 21.4. The van der Waals surface area contributed by atoms with Gasteiger partial charge in [0.1, 0.15) is 18.2 Å². The Balaban J connectivity index is 0.00000134. The minimum Gasteiger partial charge on any atom is -0.492 e. The number of hydrogen-bond donors (Lipinski definition) is 2. The van der Waals surface area contributed by atoms with Crippen molar-refractivity contribution in [1.29, 1.82) is 0 Å². The average molecular weight is 631 g/mol. The van der Waals surface area contributed by atoms with Crippen LogP contribution >= 0.6 is 0 Å². The van der Waals surface area contributed by atoms with Crippen LogP contribution in [0.3, 0.4) is 0 Å². The summed E-state index contributed by atoms with van der Waals surface area (Å²) in [5, 5.41) is 14.2. The molecule has 0 aliphatic carbocycles. The molecule has 1 saturated heterocycles. The third-order valence-electron chi connectivity index (χ3n) is 8.25. The van der Waals surface area contributed by atoms with Crippen LogP contribution in [0.15, 0.2) is 67.0 Å². The second-order valence-corrected chi connectivity index (χ2v) is 11.1. The highest BCUT2D eigenvalue weighted by molar-refractivity contribution is 5.95. The number of halogens is 1. The number of aryl methyl sites for hydroxylation is 1. The van der Waals surface area contributed by atoms with E-state index in [1.807, 2.05) is 31.2 Å². The summed E-state index contributed by atoms with van der Waals surface area (Å²) >= 11 is 0. The van der Waals surface area contributed by atoms with E-state index in [2.05, 4.69) is 15.4 Å². The summed E-state index contributed by atoms with van der Waals surface area (Å²) in [5.41, 5.74) is 3.32. The molecule has 2 aromatic carbocycles. The molecule has 2 aliphatic heterocycles. The number of nitrogens with one attached hydrogen (secondary N) is 1. The smallest absolute Gasteiger partial charge is 0.290 e. The molecule has 4 aromatic rings. The summed E-state index contributed by atoms with van der Waals surface area (Å²) in [6.07, 6.45) is 3.82. The molecule has 2 aromatic heterocycles. The number of benzene rings is 2. The third kappa shape index (κ3) is 7.31. The van der Waals surface area contributed by atoms with Gasteiger partial charge in [0.2, 0.25) is 11.8 Å². The lowest BCUT2D eigenvalue weighted by molar-refractivity contribution is -0.130. The molecule has 2 aliphatic rings. The minimum absolute atomic E-state index is 0.0637. The summed E-state index contributed by atoms with van der Waals surface area (Å²) in [6, 6.07) is 15.4. The van der Waals surface area contributed by atoms with Crippen LogP contribution in [0, 0.1) is 18.7 Å².